The molecule has 0 spiro atoms. The number of nitrogens with zero attached hydrogens (tertiary/aromatic N) is 2. The Kier molecular flexibility index (Phi) is 5.61. The number of amides is 1. The van der Waals surface area contributed by atoms with Crippen LogP contribution in [0.15, 0.2) is 18.2 Å². The number of methoxy groups -OCH3 is 1. The zero-order valence-corrected chi connectivity index (χ0v) is 15.9. The molecule has 0 atom stereocenters. The van der Waals surface area contributed by atoms with E-state index in [1.807, 2.05) is 12.1 Å². The molecule has 0 aliphatic heterocycles. The topological polar surface area (TPSA) is 90.1 Å². The molecule has 3 fully saturated rings. The zero-order chi connectivity index (χ0) is 18.6. The van der Waals surface area contributed by atoms with Crippen LogP contribution in [0.2, 0.25) is 0 Å². The first kappa shape index (κ1) is 18.8. The Labute approximate surface area is 155 Å². The van der Waals surface area contributed by atoms with E-state index in [1.165, 1.54) is 0 Å². The predicted octanol–water partition coefficient (Wildman–Crippen LogP) is 3.04. The van der Waals surface area contributed by atoms with Crippen molar-refractivity contribution >= 4 is 11.6 Å². The molecule has 0 radical (unpaired) electrons. The Morgan fingerprint density at radius 3 is 2.42 bits per heavy atom. The molecule has 3 saturated carbocycles. The summed E-state index contributed by atoms with van der Waals surface area (Å²) < 4.78 is 5.07. The third-order valence-electron chi connectivity index (χ3n) is 6.33. The van der Waals surface area contributed by atoms with Gasteiger partial charge in [-0.05, 0) is 63.0 Å². The fraction of sp³-hybridized carbons (Fsp3) is 0.650. The van der Waals surface area contributed by atoms with E-state index in [2.05, 4.69) is 22.4 Å². The lowest BCUT2D eigenvalue weighted by molar-refractivity contribution is -0.138. The van der Waals surface area contributed by atoms with Crippen molar-refractivity contribution in [2.24, 2.45) is 16.6 Å². The van der Waals surface area contributed by atoms with Crippen LogP contribution in [0, 0.1) is 10.8 Å². The number of aromatic nitrogens is 2. The largest absolute Gasteiger partial charge is 0.480 e. The first-order valence-electron chi connectivity index (χ1n) is 9.66. The number of unbranched alkanes of at least 4 members (excludes halogenated alkanes) is 1. The second-order valence-corrected chi connectivity index (χ2v) is 7.81. The van der Waals surface area contributed by atoms with E-state index in [4.69, 9.17) is 10.5 Å². The van der Waals surface area contributed by atoms with E-state index in [9.17, 15) is 4.79 Å². The van der Waals surface area contributed by atoms with Gasteiger partial charge in [0.1, 0.15) is 5.69 Å². The number of allylic oxidation sites excluding steroid dienone is 1. The molecule has 0 unspecified atom stereocenters. The predicted molar refractivity (Wildman–Crippen MR) is 101 cm³/mol. The van der Waals surface area contributed by atoms with Gasteiger partial charge in [-0.1, -0.05) is 19.4 Å². The van der Waals surface area contributed by atoms with Crippen LogP contribution in [0.1, 0.15) is 64.0 Å². The highest BCUT2D eigenvalue weighted by molar-refractivity contribution is 5.90. The molecular formula is C20H30N4O2. The number of nitrogens with two attached hydrogens (primary N) is 1. The van der Waals surface area contributed by atoms with Gasteiger partial charge in [0, 0.05) is 11.5 Å². The molecule has 2 bridgehead atoms. The molecular weight excluding hydrogens is 328 g/mol. The summed E-state index contributed by atoms with van der Waals surface area (Å²) in [6, 6.07) is 3.61. The van der Waals surface area contributed by atoms with E-state index in [0.29, 0.717) is 11.6 Å². The van der Waals surface area contributed by atoms with Crippen LogP contribution in [-0.2, 0) is 4.79 Å². The smallest absolute Gasteiger partial charge is 0.233 e. The van der Waals surface area contributed by atoms with E-state index in [-0.39, 0.29) is 16.7 Å². The molecule has 26 heavy (non-hydrogen) atoms. The summed E-state index contributed by atoms with van der Waals surface area (Å²) in [7, 11) is 1.56. The van der Waals surface area contributed by atoms with Gasteiger partial charge in [-0.15, -0.1) is 10.2 Å². The van der Waals surface area contributed by atoms with Gasteiger partial charge >= 0.3 is 0 Å². The third kappa shape index (κ3) is 3.61. The van der Waals surface area contributed by atoms with Crippen molar-refractivity contribution in [2.45, 2.75) is 58.3 Å². The van der Waals surface area contributed by atoms with E-state index >= 15 is 0 Å². The second-order valence-electron chi connectivity index (χ2n) is 7.81. The molecule has 4 rings (SSSR count). The molecule has 1 aromatic heterocycles. The lowest BCUT2D eigenvalue weighted by atomic mass is 9.53. The average Bonchev–Trinajstić information content (AvgIpc) is 2.72. The Morgan fingerprint density at radius 1 is 1.23 bits per heavy atom. The molecule has 1 amide bonds. The Morgan fingerprint density at radius 2 is 1.92 bits per heavy atom. The third-order valence-corrected chi connectivity index (χ3v) is 6.33. The maximum absolute atomic E-state index is 13.2. The van der Waals surface area contributed by atoms with Crippen molar-refractivity contribution in [3.8, 4) is 5.88 Å². The first-order valence-corrected chi connectivity index (χ1v) is 9.66. The average molecular weight is 358 g/mol. The lowest BCUT2D eigenvalue weighted by Crippen LogP contribution is -2.51. The molecule has 1 aromatic rings. The van der Waals surface area contributed by atoms with Crippen LogP contribution in [0.4, 0.5) is 0 Å². The van der Waals surface area contributed by atoms with Crippen LogP contribution in [-0.4, -0.2) is 29.8 Å². The van der Waals surface area contributed by atoms with Crippen LogP contribution < -0.4 is 15.8 Å². The number of rotatable bonds is 7. The van der Waals surface area contributed by atoms with Crippen LogP contribution in [0.25, 0.3) is 5.70 Å². The molecule has 6 heteroatoms. The van der Waals surface area contributed by atoms with Crippen molar-refractivity contribution in [3.05, 3.63) is 23.9 Å². The number of carbonyl (C=O) groups excluding carboxylic acids is 1. The summed E-state index contributed by atoms with van der Waals surface area (Å²) in [6.45, 7) is 2.86. The number of nitrogens with one attached hydrogen (secondary N) is 1. The molecule has 1 heterocycles. The molecule has 0 aromatic carbocycles. The minimum atomic E-state index is -0.248. The Bertz CT molecular complexity index is 644. The first-order chi connectivity index (χ1) is 12.6. The maximum Gasteiger partial charge on any atom is 0.233 e. The normalized spacial score (nSPS) is 28.0. The molecule has 0 saturated heterocycles. The van der Waals surface area contributed by atoms with Gasteiger partial charge < -0.3 is 15.8 Å². The number of hydrogen-bond donors (Lipinski definition) is 2. The fourth-order valence-corrected chi connectivity index (χ4v) is 4.25. The highest BCUT2D eigenvalue weighted by atomic mass is 16.5. The van der Waals surface area contributed by atoms with Gasteiger partial charge in [0.05, 0.1) is 12.8 Å². The maximum atomic E-state index is 13.2. The van der Waals surface area contributed by atoms with E-state index in [0.717, 1.165) is 63.6 Å². The SMILES string of the molecule is CCC/C=C(/NC(=O)C12CCC(CN)(CC1)CC2)c1ccc(OC)nn1. The van der Waals surface area contributed by atoms with Crippen LogP contribution in [0.5, 0.6) is 5.88 Å². The van der Waals surface area contributed by atoms with Gasteiger partial charge in [0.15, 0.2) is 0 Å². The summed E-state index contributed by atoms with van der Waals surface area (Å²) in [5, 5.41) is 11.4. The monoisotopic (exact) mass is 358 g/mol. The van der Waals surface area contributed by atoms with Gasteiger partial charge in [0.2, 0.25) is 11.8 Å². The van der Waals surface area contributed by atoms with Gasteiger partial charge in [-0.3, -0.25) is 4.79 Å². The van der Waals surface area contributed by atoms with Crippen molar-refractivity contribution < 1.29 is 9.53 Å². The quantitative estimate of drug-likeness (QED) is 0.782. The number of carbonyl (C=O) groups is 1. The number of hydrogen-bond acceptors (Lipinski definition) is 5. The van der Waals surface area contributed by atoms with Crippen LogP contribution in [0.3, 0.4) is 0 Å². The summed E-state index contributed by atoms with van der Waals surface area (Å²) >= 11 is 0. The summed E-state index contributed by atoms with van der Waals surface area (Å²) in [5.74, 6) is 0.592. The molecule has 142 valence electrons. The molecule has 3 N–H and O–H groups in total. The lowest BCUT2D eigenvalue weighted by Gasteiger charge is -2.52. The van der Waals surface area contributed by atoms with Gasteiger partial charge in [-0.25, -0.2) is 0 Å². The highest BCUT2D eigenvalue weighted by Crippen LogP contribution is 2.56. The van der Waals surface area contributed by atoms with E-state index in [1.54, 1.807) is 13.2 Å². The van der Waals surface area contributed by atoms with Gasteiger partial charge in [0.25, 0.3) is 0 Å². The van der Waals surface area contributed by atoms with Crippen molar-refractivity contribution in [3.63, 3.8) is 0 Å². The minimum Gasteiger partial charge on any atom is -0.480 e. The van der Waals surface area contributed by atoms with Crippen molar-refractivity contribution in [1.82, 2.24) is 15.5 Å². The Hall–Kier alpha value is -1.95. The zero-order valence-electron chi connectivity index (χ0n) is 15.9. The van der Waals surface area contributed by atoms with Gasteiger partial charge in [-0.2, -0.15) is 0 Å². The standard InChI is InChI=1S/C20H30N4O2/c1-3-4-5-15(16-6-7-17(26-2)24-23-16)22-18(25)20-11-8-19(14-21,9-12-20)10-13-20/h5-7H,3-4,8-14,21H2,1-2H3,(H,22,25)/b15-5+. The minimum absolute atomic E-state index is 0.128. The highest BCUT2D eigenvalue weighted by Gasteiger charge is 2.51. The Balaban J connectivity index is 1.75. The fourth-order valence-electron chi connectivity index (χ4n) is 4.25. The summed E-state index contributed by atoms with van der Waals surface area (Å²) in [4.78, 5) is 13.2. The van der Waals surface area contributed by atoms with E-state index < -0.39 is 0 Å². The molecule has 6 nitrogen and oxygen atoms in total. The van der Waals surface area contributed by atoms with Crippen molar-refractivity contribution in [1.29, 1.82) is 0 Å². The van der Waals surface area contributed by atoms with Crippen LogP contribution >= 0.6 is 0 Å². The molecule has 3 aliphatic rings. The van der Waals surface area contributed by atoms with Crippen molar-refractivity contribution in [2.75, 3.05) is 13.7 Å². The number of fused-ring (bicyclic) bond motifs is 3. The molecule has 3 aliphatic carbocycles. The summed E-state index contributed by atoms with van der Waals surface area (Å²) in [6.07, 6.45) is 9.93. The number of ether oxygens (including phenoxy) is 1. The second kappa shape index (κ2) is 7.74. The summed E-state index contributed by atoms with van der Waals surface area (Å²) in [5.41, 5.74) is 7.45.